The van der Waals surface area contributed by atoms with E-state index in [0.29, 0.717) is 19.3 Å². The second-order valence-corrected chi connectivity index (χ2v) is 37.4. The number of unbranched alkanes of at least 4 members (excludes halogenated alkanes) is 66. The van der Waals surface area contributed by atoms with Gasteiger partial charge in [0.05, 0.1) is 56.3 Å². The largest absolute Gasteiger partial charge is 0.394 e. The molecule has 120 heavy (non-hydrogen) atoms. The van der Waals surface area contributed by atoms with Crippen molar-refractivity contribution < 1.29 is 85.1 Å². The van der Waals surface area contributed by atoms with E-state index in [4.69, 9.17) is 14.2 Å². The summed E-state index contributed by atoms with van der Waals surface area (Å²) in [4.78, 5) is 26.1. The van der Waals surface area contributed by atoms with Crippen molar-refractivity contribution in [2.75, 3.05) is 19.8 Å². The Morgan fingerprint density at radius 1 is 0.267 bits per heavy atom. The van der Waals surface area contributed by atoms with Crippen LogP contribution in [0.25, 0.3) is 0 Å². The zero-order valence-corrected chi connectivity index (χ0v) is 78.5. The Bertz CT molecular complexity index is 1990. The number of carbonyl (C=O) groups is 2. The van der Waals surface area contributed by atoms with Crippen molar-refractivity contribution in [1.29, 1.82) is 0 Å². The van der Waals surface area contributed by atoms with Crippen LogP contribution in [0.1, 0.15) is 516 Å². The number of nitrogens with one attached hydrogen (secondary N) is 2. The van der Waals surface area contributed by atoms with Gasteiger partial charge in [-0.1, -0.05) is 464 Å². The number of hydrogen-bond acceptors (Lipinski definition) is 17. The van der Waals surface area contributed by atoms with Gasteiger partial charge in [-0.25, -0.2) is 0 Å². The van der Waals surface area contributed by atoms with Crippen LogP contribution < -0.4 is 10.6 Å². The smallest absolute Gasteiger partial charge is 0.220 e. The fourth-order valence-electron chi connectivity index (χ4n) is 17.7. The third-order valence-corrected chi connectivity index (χ3v) is 26.1. The maximum Gasteiger partial charge on any atom is 0.220 e. The Morgan fingerprint density at radius 3 is 0.750 bits per heavy atom. The quantitative estimate of drug-likeness (QED) is 0.0252. The first-order valence-electron chi connectivity index (χ1n) is 52.1. The molecule has 4 unspecified atom stereocenters. The zero-order valence-electron chi connectivity index (χ0n) is 78.5. The Kier molecular flexibility index (Phi) is 82.8. The van der Waals surface area contributed by atoms with Crippen molar-refractivity contribution in [3.05, 3.63) is 0 Å². The summed E-state index contributed by atoms with van der Waals surface area (Å²) >= 11 is 0. The molecule has 19 nitrogen and oxygen atoms in total. The fourth-order valence-corrected chi connectivity index (χ4v) is 17.7. The average molecular weight is 1710 g/mol. The highest BCUT2D eigenvalue weighted by Gasteiger charge is 2.46. The molecule has 0 aromatic heterocycles. The Labute approximate surface area is 737 Å². The van der Waals surface area contributed by atoms with Gasteiger partial charge in [0, 0.05) is 12.8 Å². The minimum atomic E-state index is -1.60. The predicted octanol–water partition coefficient (Wildman–Crippen LogP) is 21.8. The molecular weight excluding hydrogens is 1510 g/mol. The lowest BCUT2D eigenvalue weighted by Crippen LogP contribution is -2.60. The van der Waals surface area contributed by atoms with Gasteiger partial charge < -0.3 is 86.1 Å². The molecular formula is C101H200N2O17. The van der Waals surface area contributed by atoms with Crippen molar-refractivity contribution in [2.24, 2.45) is 0 Å². The van der Waals surface area contributed by atoms with E-state index in [1.807, 2.05) is 0 Å². The van der Waals surface area contributed by atoms with Gasteiger partial charge in [-0.15, -0.1) is 0 Å². The third-order valence-electron chi connectivity index (χ3n) is 26.1. The predicted molar refractivity (Wildman–Crippen MR) is 495 cm³/mol. The summed E-state index contributed by atoms with van der Waals surface area (Å²) in [5.41, 5.74) is 0. The minimum absolute atomic E-state index is 0.161. The van der Waals surface area contributed by atoms with Gasteiger partial charge in [-0.05, 0) is 38.5 Å². The number of rotatable bonds is 88. The average Bonchev–Trinajstić information content (AvgIpc) is 0.822. The summed E-state index contributed by atoms with van der Waals surface area (Å²) in [6.07, 6.45) is 73.1. The second-order valence-electron chi connectivity index (χ2n) is 37.4. The van der Waals surface area contributed by atoms with E-state index in [2.05, 4.69) is 38.3 Å². The topological polar surface area (TPSA) is 329 Å². The van der Waals surface area contributed by atoms with Crippen LogP contribution in [-0.2, 0) is 23.8 Å². The first kappa shape index (κ1) is 116. The monoisotopic (exact) mass is 1710 g/mol. The number of hydrogen-bond donors (Lipinski definition) is 14. The van der Waals surface area contributed by atoms with Crippen LogP contribution in [0.4, 0.5) is 0 Å². The minimum Gasteiger partial charge on any atom is -0.394 e. The summed E-state index contributed by atoms with van der Waals surface area (Å²) in [7, 11) is 0. The lowest BCUT2D eigenvalue weighted by atomic mass is 9.90. The summed E-state index contributed by atoms with van der Waals surface area (Å²) in [6.45, 7) is 7.65. The number of ether oxygens (including phenoxy) is 3. The zero-order chi connectivity index (χ0) is 87.8. The van der Waals surface area contributed by atoms with Crippen molar-refractivity contribution in [3.8, 4) is 0 Å². The molecule has 2 rings (SSSR count). The van der Waals surface area contributed by atoms with E-state index >= 15 is 0 Å². The Morgan fingerprint density at radius 2 is 0.483 bits per heavy atom. The first-order chi connectivity index (χ1) is 58.5. The van der Waals surface area contributed by atoms with Gasteiger partial charge in [0.15, 0.2) is 6.29 Å². The molecule has 716 valence electrons. The van der Waals surface area contributed by atoms with Crippen molar-refractivity contribution >= 4 is 11.8 Å². The maximum absolute atomic E-state index is 13.1. The molecule has 2 fully saturated rings. The van der Waals surface area contributed by atoms with Gasteiger partial charge in [-0.3, -0.25) is 9.59 Å². The van der Waals surface area contributed by atoms with Crippen LogP contribution in [0.3, 0.4) is 0 Å². The molecule has 0 aromatic carbocycles. The van der Waals surface area contributed by atoms with E-state index in [1.54, 1.807) is 0 Å². The second kappa shape index (κ2) is 85.4. The number of aliphatic hydroxyl groups is 12. The fraction of sp³-hybridized carbons (Fsp3) is 0.980. The molecule has 19 heteroatoms. The molecule has 2 aliphatic rings. The van der Waals surface area contributed by atoms with E-state index in [-0.39, 0.29) is 37.7 Å². The van der Waals surface area contributed by atoms with Crippen LogP contribution in [0.2, 0.25) is 0 Å². The summed E-state index contributed by atoms with van der Waals surface area (Å²) in [5, 5.41) is 131. The van der Waals surface area contributed by atoms with E-state index < -0.39 is 111 Å². The molecule has 0 aromatic rings. The maximum atomic E-state index is 13.1. The van der Waals surface area contributed by atoms with E-state index in [9.17, 15) is 70.9 Å². The van der Waals surface area contributed by atoms with Crippen LogP contribution in [-0.4, -0.2) is 191 Å². The highest BCUT2D eigenvalue weighted by atomic mass is 16.7. The highest BCUT2D eigenvalue weighted by Crippen LogP contribution is 2.29. The molecule has 0 radical (unpaired) electrons. The van der Waals surface area contributed by atoms with Gasteiger partial charge in [-0.2, -0.15) is 0 Å². The molecule has 0 saturated carbocycles. The molecule has 16 atom stereocenters. The SMILES string of the molecule is CCCCCCCCCCCCCCCCCCCCCCCCCC(=O)N[C@@H](CC[C@H]1OC(CO)[C@H](O)[C@H](O)C1O)[C@H](O)[C@H](O)CCCCCCCCCCCCCC.CCCCCCCCCCCCCCCCCCCCCCCCCC(=O)N[C@@H](CO[C@H]1OC(CO)[C@H](O)[C@H](O)C1O)[C@H](O)[C@H](O)CCCCCCCCCCCCCC. The number of aliphatic hydroxyl groups excluding tert-OH is 12. The van der Waals surface area contributed by atoms with Crippen LogP contribution >= 0.6 is 0 Å². The summed E-state index contributed by atoms with van der Waals surface area (Å²) in [6, 6.07) is -1.75. The van der Waals surface area contributed by atoms with Crippen LogP contribution in [0.15, 0.2) is 0 Å². The molecule has 0 spiro atoms. The molecule has 2 heterocycles. The van der Waals surface area contributed by atoms with Gasteiger partial charge >= 0.3 is 0 Å². The number of amides is 2. The lowest BCUT2D eigenvalue weighted by molar-refractivity contribution is -0.303. The third kappa shape index (κ3) is 65.0. The van der Waals surface area contributed by atoms with Gasteiger partial charge in [0.2, 0.25) is 11.8 Å². The Balaban J connectivity index is 0.00000120. The molecule has 14 N–H and O–H groups in total. The summed E-state index contributed by atoms with van der Waals surface area (Å²) in [5.74, 6) is -0.425. The van der Waals surface area contributed by atoms with E-state index in [1.165, 1.54) is 372 Å². The normalized spacial score (nSPS) is 21.0. The molecule has 2 aliphatic heterocycles. The molecule has 0 bridgehead atoms. The molecule has 2 saturated heterocycles. The number of carbonyl (C=O) groups excluding carboxylic acids is 2. The van der Waals surface area contributed by atoms with Gasteiger partial charge in [0.25, 0.3) is 0 Å². The Hall–Kier alpha value is -1.66. The first-order valence-corrected chi connectivity index (χ1v) is 52.1. The lowest BCUT2D eigenvalue weighted by Gasteiger charge is -2.40. The van der Waals surface area contributed by atoms with Gasteiger partial charge in [0.1, 0.15) is 54.9 Å². The standard InChI is InChI=1S/C51H101NO8.C50H99NO9/c1-3-5-7-9-11-13-15-17-18-19-20-21-22-23-24-25-26-27-29-31-33-35-37-39-47(55)52-43(40-41-45-49(57)51(59)50(58)46(42-53)60-45)48(56)44(54)38-36-34-32-30-28-16-14-12-10-8-6-4-2;1-3-5-7-9-11-13-15-17-18-19-20-21-22-23-24-25-26-27-29-31-33-35-37-39-45(54)51-42(41-59-50-49(58)48(57)47(56)44(40-52)60-50)46(55)43(53)38-36-34-32-30-28-16-14-12-10-8-6-4-2/h43-46,48-51,53-54,56-59H,3-42H2,1-2H3,(H,52,55);42-44,46-50,52-53,55-58H,3-41H2,1-2H3,(H,51,54)/t43-,44+,45+,46?,48-,49?,50-,51+;42-,43+,44?,46-,47-,48-,49?,50-/m00/s1. The highest BCUT2D eigenvalue weighted by molar-refractivity contribution is 5.76. The molecule has 2 amide bonds. The van der Waals surface area contributed by atoms with Crippen molar-refractivity contribution in [2.45, 2.75) is 613 Å². The van der Waals surface area contributed by atoms with E-state index in [0.717, 1.165) is 77.0 Å². The van der Waals surface area contributed by atoms with Crippen LogP contribution in [0.5, 0.6) is 0 Å². The van der Waals surface area contributed by atoms with Crippen molar-refractivity contribution in [3.63, 3.8) is 0 Å². The van der Waals surface area contributed by atoms with Crippen molar-refractivity contribution in [1.82, 2.24) is 10.6 Å². The molecule has 0 aliphatic carbocycles. The summed E-state index contributed by atoms with van der Waals surface area (Å²) < 4.78 is 16.9. The van der Waals surface area contributed by atoms with Crippen LogP contribution in [0, 0.1) is 0 Å².